The molecule has 0 aliphatic heterocycles. The lowest BCUT2D eigenvalue weighted by atomic mass is 9.92. The molecule has 0 saturated heterocycles. The number of benzene rings is 1. The van der Waals surface area contributed by atoms with Gasteiger partial charge in [0.2, 0.25) is 5.91 Å². The van der Waals surface area contributed by atoms with Crippen molar-refractivity contribution in [2.24, 2.45) is 0 Å². The van der Waals surface area contributed by atoms with Gasteiger partial charge in [0.25, 0.3) is 0 Å². The summed E-state index contributed by atoms with van der Waals surface area (Å²) in [4.78, 5) is 12.5. The van der Waals surface area contributed by atoms with E-state index in [0.29, 0.717) is 13.0 Å². The molecule has 1 aromatic carbocycles. The number of nitrogens with one attached hydrogen (secondary N) is 1. The summed E-state index contributed by atoms with van der Waals surface area (Å²) in [6.07, 6.45) is 4.98. The predicted molar refractivity (Wildman–Crippen MR) is 105 cm³/mol. The minimum Gasteiger partial charge on any atom is -0.348 e. The predicted octanol–water partition coefficient (Wildman–Crippen LogP) is 2.64. The number of carbonyl (C=O) groups excluding carboxylic acids is 1. The average molecular weight is 390 g/mol. The fraction of sp³-hybridized carbons (Fsp3) is 0.500. The number of hydrogen-bond acceptors (Lipinski definition) is 4. The van der Waals surface area contributed by atoms with Crippen LogP contribution in [0.3, 0.4) is 0 Å². The van der Waals surface area contributed by atoms with E-state index in [-0.39, 0.29) is 11.8 Å². The van der Waals surface area contributed by atoms with Crippen LogP contribution in [-0.2, 0) is 27.6 Å². The van der Waals surface area contributed by atoms with E-state index >= 15 is 0 Å². The van der Waals surface area contributed by atoms with E-state index < -0.39 is 21.0 Å². The van der Waals surface area contributed by atoms with Gasteiger partial charge in [-0.25, -0.2) is 8.42 Å². The fourth-order valence-electron chi connectivity index (χ4n) is 3.57. The second-order valence-electron chi connectivity index (χ2n) is 7.15. The number of rotatable bonds is 7. The molecule has 146 valence electrons. The van der Waals surface area contributed by atoms with E-state index in [1.54, 1.807) is 6.92 Å². The summed E-state index contributed by atoms with van der Waals surface area (Å²) in [7, 11) is -3.41. The Morgan fingerprint density at radius 2 is 2.07 bits per heavy atom. The highest BCUT2D eigenvalue weighted by Gasteiger charge is 2.31. The van der Waals surface area contributed by atoms with E-state index in [2.05, 4.69) is 22.5 Å². The number of hydrogen-bond donors (Lipinski definition) is 1. The molecule has 0 saturated carbocycles. The molecule has 2 aromatic rings. The van der Waals surface area contributed by atoms with Crippen LogP contribution in [0.4, 0.5) is 0 Å². The summed E-state index contributed by atoms with van der Waals surface area (Å²) < 4.78 is 26.4. The van der Waals surface area contributed by atoms with E-state index in [4.69, 9.17) is 0 Å². The van der Waals surface area contributed by atoms with Gasteiger partial charge in [-0.3, -0.25) is 9.48 Å². The highest BCUT2D eigenvalue weighted by atomic mass is 32.2. The quantitative estimate of drug-likeness (QED) is 0.789. The Bertz CT molecular complexity index is 890. The van der Waals surface area contributed by atoms with Crippen molar-refractivity contribution in [1.82, 2.24) is 15.1 Å². The molecule has 3 rings (SSSR count). The minimum atomic E-state index is -3.41. The van der Waals surface area contributed by atoms with Crippen molar-refractivity contribution in [3.05, 3.63) is 53.3 Å². The molecule has 6 nitrogen and oxygen atoms in total. The first-order chi connectivity index (χ1) is 12.9. The number of fused-ring (bicyclic) bond motifs is 1. The maximum absolute atomic E-state index is 12.5. The van der Waals surface area contributed by atoms with Gasteiger partial charge in [-0.2, -0.15) is 5.10 Å². The zero-order valence-corrected chi connectivity index (χ0v) is 16.7. The van der Waals surface area contributed by atoms with E-state index in [1.807, 2.05) is 29.1 Å². The van der Waals surface area contributed by atoms with Crippen molar-refractivity contribution < 1.29 is 13.2 Å². The maximum Gasteiger partial charge on any atom is 0.238 e. The average Bonchev–Trinajstić information content (AvgIpc) is 3.06. The maximum atomic E-state index is 12.5. The van der Waals surface area contributed by atoms with Crippen LogP contribution in [0.25, 0.3) is 0 Å². The molecule has 2 unspecified atom stereocenters. The van der Waals surface area contributed by atoms with Crippen LogP contribution in [0.2, 0.25) is 0 Å². The smallest absolute Gasteiger partial charge is 0.238 e. The van der Waals surface area contributed by atoms with Gasteiger partial charge in [-0.1, -0.05) is 37.3 Å². The molecule has 1 N–H and O–H groups in total. The molecule has 7 heteroatoms. The second-order valence-corrected chi connectivity index (χ2v) is 9.59. The lowest BCUT2D eigenvalue weighted by Crippen LogP contribution is -2.41. The Hall–Kier alpha value is -2.15. The highest BCUT2D eigenvalue weighted by Crippen LogP contribution is 2.30. The second kappa shape index (κ2) is 8.25. The number of amides is 1. The summed E-state index contributed by atoms with van der Waals surface area (Å²) in [5.41, 5.74) is 3.30. The van der Waals surface area contributed by atoms with Crippen molar-refractivity contribution in [2.45, 2.75) is 57.4 Å². The van der Waals surface area contributed by atoms with Crippen LogP contribution < -0.4 is 5.32 Å². The van der Waals surface area contributed by atoms with E-state index in [9.17, 15) is 13.2 Å². The third-order valence-corrected chi connectivity index (χ3v) is 7.42. The normalized spacial score (nSPS) is 17.9. The molecule has 0 radical (unpaired) electrons. The van der Waals surface area contributed by atoms with Crippen molar-refractivity contribution in [3.63, 3.8) is 0 Å². The van der Waals surface area contributed by atoms with Gasteiger partial charge in [0.15, 0.2) is 9.84 Å². The van der Waals surface area contributed by atoms with Gasteiger partial charge >= 0.3 is 0 Å². The lowest BCUT2D eigenvalue weighted by Gasteiger charge is -2.25. The minimum absolute atomic E-state index is 0.0342. The van der Waals surface area contributed by atoms with Crippen LogP contribution in [0.5, 0.6) is 0 Å². The number of nitrogens with zero attached hydrogens (tertiary/aromatic N) is 2. The van der Waals surface area contributed by atoms with Crippen molar-refractivity contribution in [3.8, 4) is 0 Å². The highest BCUT2D eigenvalue weighted by molar-refractivity contribution is 7.92. The van der Waals surface area contributed by atoms with Crippen LogP contribution in [0.15, 0.2) is 36.5 Å². The Morgan fingerprint density at radius 3 is 2.78 bits per heavy atom. The van der Waals surface area contributed by atoms with Gasteiger partial charge in [0.05, 0.1) is 24.5 Å². The molecular formula is C20H27N3O3S. The van der Waals surface area contributed by atoms with Gasteiger partial charge in [0, 0.05) is 11.3 Å². The fourth-order valence-corrected chi connectivity index (χ4v) is 4.89. The molecule has 27 heavy (non-hydrogen) atoms. The first kappa shape index (κ1) is 19.6. The third kappa shape index (κ3) is 4.40. The zero-order valence-electron chi connectivity index (χ0n) is 15.9. The molecule has 0 spiro atoms. The Labute approximate surface area is 160 Å². The number of aromatic nitrogens is 2. The molecule has 1 amide bonds. The topological polar surface area (TPSA) is 81.1 Å². The molecule has 2 atom stereocenters. The van der Waals surface area contributed by atoms with Gasteiger partial charge in [-0.15, -0.1) is 0 Å². The molecule has 1 aliphatic carbocycles. The van der Waals surface area contributed by atoms with Crippen molar-refractivity contribution >= 4 is 15.7 Å². The van der Waals surface area contributed by atoms with Crippen LogP contribution in [-0.4, -0.2) is 35.1 Å². The Morgan fingerprint density at radius 1 is 1.33 bits per heavy atom. The largest absolute Gasteiger partial charge is 0.348 e. The van der Waals surface area contributed by atoms with E-state index in [0.717, 1.165) is 30.5 Å². The van der Waals surface area contributed by atoms with Crippen LogP contribution >= 0.6 is 0 Å². The van der Waals surface area contributed by atoms with Gasteiger partial charge in [-0.05, 0) is 38.2 Å². The molecule has 0 fully saturated rings. The molecule has 1 aromatic heterocycles. The van der Waals surface area contributed by atoms with Gasteiger partial charge < -0.3 is 5.32 Å². The SMILES string of the molecule is CCCS(=O)(=O)C(C)C(=O)NC1CCCc2c1cnn2Cc1ccccc1. The summed E-state index contributed by atoms with van der Waals surface area (Å²) in [6, 6.07) is 9.96. The monoisotopic (exact) mass is 389 g/mol. The summed E-state index contributed by atoms with van der Waals surface area (Å²) in [6.45, 7) is 3.97. The molecular weight excluding hydrogens is 362 g/mol. The molecule has 1 aliphatic rings. The number of sulfone groups is 1. The van der Waals surface area contributed by atoms with Crippen molar-refractivity contribution in [2.75, 3.05) is 5.75 Å². The number of carbonyl (C=O) groups is 1. The van der Waals surface area contributed by atoms with Gasteiger partial charge in [0.1, 0.15) is 5.25 Å². The summed E-state index contributed by atoms with van der Waals surface area (Å²) in [5, 5.41) is 6.44. The summed E-state index contributed by atoms with van der Waals surface area (Å²) in [5.74, 6) is -0.385. The Balaban J connectivity index is 1.74. The third-order valence-electron chi connectivity index (χ3n) is 5.15. The lowest BCUT2D eigenvalue weighted by molar-refractivity contribution is -0.121. The van der Waals surface area contributed by atoms with Crippen molar-refractivity contribution in [1.29, 1.82) is 0 Å². The Kier molecular flexibility index (Phi) is 5.99. The standard InChI is InChI=1S/C20H27N3O3S/c1-3-12-27(25,26)15(2)20(24)22-18-10-7-11-19-17(18)13-21-23(19)14-16-8-5-4-6-9-16/h4-6,8-9,13,15,18H,3,7,10-12,14H2,1-2H3,(H,22,24). The summed E-state index contributed by atoms with van der Waals surface area (Å²) >= 11 is 0. The van der Waals surface area contributed by atoms with E-state index in [1.165, 1.54) is 12.5 Å². The molecule has 0 bridgehead atoms. The van der Waals surface area contributed by atoms with Crippen LogP contribution in [0, 0.1) is 0 Å². The first-order valence-electron chi connectivity index (χ1n) is 9.53. The zero-order chi connectivity index (χ0) is 19.4. The van der Waals surface area contributed by atoms with Crippen LogP contribution in [0.1, 0.15) is 56.0 Å². The molecule has 1 heterocycles. The first-order valence-corrected chi connectivity index (χ1v) is 11.2.